The molecule has 176 valence electrons. The van der Waals surface area contributed by atoms with Crippen LogP contribution in [0.3, 0.4) is 0 Å². The van der Waals surface area contributed by atoms with E-state index >= 15 is 0 Å². The number of rotatable bonds is 7. The summed E-state index contributed by atoms with van der Waals surface area (Å²) in [5.74, 6) is -1.97. The number of carbonyl (C=O) groups is 1. The summed E-state index contributed by atoms with van der Waals surface area (Å²) < 4.78 is 30.8. The monoisotopic (exact) mass is 476 g/mol. The van der Waals surface area contributed by atoms with Crippen LogP contribution in [-0.4, -0.2) is 49.2 Å². The Labute approximate surface area is 197 Å². The summed E-state index contributed by atoms with van der Waals surface area (Å²) in [7, 11) is 0. The number of amides is 1. The largest absolute Gasteiger partial charge is 0.394 e. The molecule has 2 N–H and O–H groups in total. The Bertz CT molecular complexity index is 1560. The normalized spacial score (nSPS) is 11.3. The molecule has 3 heterocycles. The molecular formula is C24H18F2N6O3. The molecular weight excluding hydrogens is 458 g/mol. The number of hydrogen-bond acceptors (Lipinski definition) is 7. The van der Waals surface area contributed by atoms with E-state index < -0.39 is 17.5 Å². The van der Waals surface area contributed by atoms with Crippen molar-refractivity contribution in [2.45, 2.75) is 6.54 Å². The number of hydroxylamine groups is 1. The highest BCUT2D eigenvalue weighted by atomic mass is 19.1. The minimum atomic E-state index is -0.779. The van der Waals surface area contributed by atoms with E-state index in [0.29, 0.717) is 33.5 Å². The molecule has 0 saturated carbocycles. The van der Waals surface area contributed by atoms with Crippen LogP contribution in [0.1, 0.15) is 15.9 Å². The van der Waals surface area contributed by atoms with Gasteiger partial charge in [0.1, 0.15) is 17.2 Å². The molecule has 0 radical (unpaired) electrons. The third-order valence-electron chi connectivity index (χ3n) is 5.36. The van der Waals surface area contributed by atoms with Gasteiger partial charge < -0.3 is 5.11 Å². The first-order chi connectivity index (χ1) is 17.0. The van der Waals surface area contributed by atoms with Crippen LogP contribution in [0.5, 0.6) is 0 Å². The zero-order valence-corrected chi connectivity index (χ0v) is 18.2. The number of nitrogens with one attached hydrogen (secondary N) is 1. The standard InChI is InChI=1S/C24H18F2N6O3/c25-18-6-4-14-2-1-9-27-22(14)17(18)13-32-23-21(29-31-32)8-7-20(28-23)15-3-5-16(19(26)12-15)24(34)30-35-11-10-33/h1-9,12,33H,10-11,13H2,(H,30,34). The van der Waals surface area contributed by atoms with Gasteiger partial charge in [0.15, 0.2) is 5.65 Å². The lowest BCUT2D eigenvalue weighted by molar-refractivity contribution is 0.0165. The Hall–Kier alpha value is -4.35. The predicted molar refractivity (Wildman–Crippen MR) is 122 cm³/mol. The van der Waals surface area contributed by atoms with Crippen LogP contribution in [0, 0.1) is 11.6 Å². The van der Waals surface area contributed by atoms with Crippen LogP contribution in [0.2, 0.25) is 0 Å². The molecule has 0 atom stereocenters. The molecule has 0 saturated heterocycles. The van der Waals surface area contributed by atoms with Gasteiger partial charge in [-0.2, -0.15) is 0 Å². The second-order valence-electron chi connectivity index (χ2n) is 7.59. The first-order valence-electron chi connectivity index (χ1n) is 10.6. The average molecular weight is 476 g/mol. The number of fused-ring (bicyclic) bond motifs is 2. The summed E-state index contributed by atoms with van der Waals surface area (Å²) in [6.07, 6.45) is 1.60. The molecule has 0 aliphatic carbocycles. The number of nitrogens with zero attached hydrogens (tertiary/aromatic N) is 5. The van der Waals surface area contributed by atoms with Gasteiger partial charge in [0.2, 0.25) is 0 Å². The third-order valence-corrected chi connectivity index (χ3v) is 5.36. The summed E-state index contributed by atoms with van der Waals surface area (Å²) in [5, 5.41) is 17.7. The minimum Gasteiger partial charge on any atom is -0.394 e. The van der Waals surface area contributed by atoms with E-state index in [1.54, 1.807) is 36.5 Å². The van der Waals surface area contributed by atoms with Crippen molar-refractivity contribution in [3.63, 3.8) is 0 Å². The molecule has 0 aliphatic rings. The topological polar surface area (TPSA) is 115 Å². The van der Waals surface area contributed by atoms with Crippen LogP contribution >= 0.6 is 0 Å². The van der Waals surface area contributed by atoms with Crippen molar-refractivity contribution in [1.82, 2.24) is 30.4 Å². The first kappa shape index (κ1) is 22.4. The second-order valence-corrected chi connectivity index (χ2v) is 7.59. The van der Waals surface area contributed by atoms with Crippen LogP contribution in [0.15, 0.2) is 60.8 Å². The lowest BCUT2D eigenvalue weighted by atomic mass is 10.1. The summed E-state index contributed by atoms with van der Waals surface area (Å²) in [5.41, 5.74) is 4.41. The van der Waals surface area contributed by atoms with E-state index in [1.165, 1.54) is 22.9 Å². The average Bonchev–Trinajstić information content (AvgIpc) is 3.27. The minimum absolute atomic E-state index is 0.0500. The Kier molecular flexibility index (Phi) is 6.08. The van der Waals surface area contributed by atoms with Gasteiger partial charge in [-0.3, -0.25) is 14.6 Å². The van der Waals surface area contributed by atoms with E-state index in [4.69, 9.17) is 9.94 Å². The van der Waals surface area contributed by atoms with Crippen LogP contribution in [0.4, 0.5) is 8.78 Å². The van der Waals surface area contributed by atoms with E-state index in [9.17, 15) is 13.6 Å². The summed E-state index contributed by atoms with van der Waals surface area (Å²) in [4.78, 5) is 25.6. The van der Waals surface area contributed by atoms with Gasteiger partial charge in [-0.25, -0.2) is 23.9 Å². The van der Waals surface area contributed by atoms with E-state index in [-0.39, 0.29) is 25.3 Å². The Morgan fingerprint density at radius 1 is 1.09 bits per heavy atom. The first-order valence-corrected chi connectivity index (χ1v) is 10.6. The maximum atomic E-state index is 14.7. The number of pyridine rings is 2. The molecule has 3 aromatic heterocycles. The molecule has 0 spiro atoms. The second kappa shape index (κ2) is 9.49. The fourth-order valence-corrected chi connectivity index (χ4v) is 3.68. The van der Waals surface area contributed by atoms with Crippen molar-refractivity contribution in [2.24, 2.45) is 0 Å². The highest BCUT2D eigenvalue weighted by molar-refractivity contribution is 5.94. The van der Waals surface area contributed by atoms with Crippen molar-refractivity contribution < 1.29 is 23.5 Å². The number of aliphatic hydroxyl groups is 1. The third kappa shape index (κ3) is 4.42. The fraction of sp³-hybridized carbons (Fsp3) is 0.125. The molecule has 2 aromatic carbocycles. The van der Waals surface area contributed by atoms with Crippen molar-refractivity contribution in [2.75, 3.05) is 13.2 Å². The smallest absolute Gasteiger partial charge is 0.277 e. The molecule has 11 heteroatoms. The Morgan fingerprint density at radius 2 is 1.97 bits per heavy atom. The predicted octanol–water partition coefficient (Wildman–Crippen LogP) is 3.02. The van der Waals surface area contributed by atoms with Gasteiger partial charge in [0.05, 0.1) is 36.5 Å². The SMILES string of the molecule is O=C(NOCCO)c1ccc(-c2ccc3nnn(Cc4c(F)ccc5cccnc45)c3n2)cc1F. The fourth-order valence-electron chi connectivity index (χ4n) is 3.68. The van der Waals surface area contributed by atoms with Gasteiger partial charge in [-0.05, 0) is 42.5 Å². The quantitative estimate of drug-likeness (QED) is 0.274. The number of hydrogen-bond donors (Lipinski definition) is 2. The number of carbonyl (C=O) groups excluding carboxylic acids is 1. The highest BCUT2D eigenvalue weighted by Gasteiger charge is 2.16. The number of halogens is 2. The van der Waals surface area contributed by atoms with Crippen molar-refractivity contribution in [3.05, 3.63) is 83.6 Å². The van der Waals surface area contributed by atoms with Gasteiger partial charge in [0, 0.05) is 22.7 Å². The zero-order valence-electron chi connectivity index (χ0n) is 18.2. The number of aromatic nitrogens is 5. The highest BCUT2D eigenvalue weighted by Crippen LogP contribution is 2.25. The number of benzene rings is 2. The van der Waals surface area contributed by atoms with Crippen LogP contribution in [0.25, 0.3) is 33.3 Å². The maximum Gasteiger partial charge on any atom is 0.277 e. The van der Waals surface area contributed by atoms with Crippen molar-refractivity contribution >= 4 is 28.0 Å². The molecule has 0 bridgehead atoms. The van der Waals surface area contributed by atoms with Crippen molar-refractivity contribution in [3.8, 4) is 11.3 Å². The molecule has 0 fully saturated rings. The lowest BCUT2D eigenvalue weighted by Gasteiger charge is -2.09. The van der Waals surface area contributed by atoms with E-state index in [1.807, 2.05) is 6.07 Å². The zero-order chi connectivity index (χ0) is 24.4. The molecule has 0 unspecified atom stereocenters. The molecule has 1 amide bonds. The van der Waals surface area contributed by atoms with Crippen LogP contribution in [-0.2, 0) is 11.4 Å². The van der Waals surface area contributed by atoms with E-state index in [2.05, 4.69) is 25.8 Å². The van der Waals surface area contributed by atoms with Crippen molar-refractivity contribution in [1.29, 1.82) is 0 Å². The molecule has 5 rings (SSSR count). The molecule has 5 aromatic rings. The lowest BCUT2D eigenvalue weighted by Crippen LogP contribution is -2.26. The summed E-state index contributed by atoms with van der Waals surface area (Å²) in [6, 6.07) is 14.0. The molecule has 9 nitrogen and oxygen atoms in total. The van der Waals surface area contributed by atoms with Gasteiger partial charge in [-0.15, -0.1) is 5.10 Å². The van der Waals surface area contributed by atoms with Gasteiger partial charge >= 0.3 is 0 Å². The molecule has 35 heavy (non-hydrogen) atoms. The Morgan fingerprint density at radius 3 is 2.80 bits per heavy atom. The van der Waals surface area contributed by atoms with Gasteiger partial charge in [0.25, 0.3) is 5.91 Å². The Balaban J connectivity index is 1.47. The van der Waals surface area contributed by atoms with Crippen LogP contribution < -0.4 is 5.48 Å². The van der Waals surface area contributed by atoms with Gasteiger partial charge in [-0.1, -0.05) is 17.3 Å². The molecule has 0 aliphatic heterocycles. The summed E-state index contributed by atoms with van der Waals surface area (Å²) in [6.45, 7) is -0.352. The number of aliphatic hydroxyl groups excluding tert-OH is 1. The maximum absolute atomic E-state index is 14.7. The van der Waals surface area contributed by atoms with E-state index in [0.717, 1.165) is 5.39 Å². The summed E-state index contributed by atoms with van der Waals surface area (Å²) >= 11 is 0.